The van der Waals surface area contributed by atoms with Gasteiger partial charge in [-0.15, -0.1) is 0 Å². The molecule has 0 spiro atoms. The number of aromatic nitrogens is 1. The molecule has 132 valence electrons. The second-order valence-electron chi connectivity index (χ2n) is 5.72. The molecule has 1 aliphatic heterocycles. The molecule has 2 aromatic rings. The summed E-state index contributed by atoms with van der Waals surface area (Å²) in [6, 6.07) is 6.97. The van der Waals surface area contributed by atoms with Crippen LogP contribution in [0.3, 0.4) is 0 Å². The molecule has 0 radical (unpaired) electrons. The Labute approximate surface area is 155 Å². The molecule has 8 heteroatoms. The van der Waals surface area contributed by atoms with E-state index in [1.165, 1.54) is 22.4 Å². The Kier molecular flexibility index (Phi) is 5.24. The summed E-state index contributed by atoms with van der Waals surface area (Å²) >= 11 is 7.13. The van der Waals surface area contributed by atoms with Gasteiger partial charge in [-0.2, -0.15) is 0 Å². The largest absolute Gasteiger partial charge is 0.435 e. The van der Waals surface area contributed by atoms with Crippen molar-refractivity contribution in [3.05, 3.63) is 45.9 Å². The summed E-state index contributed by atoms with van der Waals surface area (Å²) in [6.45, 7) is 4.73. The van der Waals surface area contributed by atoms with Crippen LogP contribution >= 0.6 is 22.9 Å². The van der Waals surface area contributed by atoms with Crippen molar-refractivity contribution in [2.75, 3.05) is 18.0 Å². The highest BCUT2D eigenvalue weighted by Gasteiger charge is 2.42. The smallest absolute Gasteiger partial charge is 0.340 e. The molecule has 1 aliphatic rings. The fraction of sp³-hybridized carbons (Fsp3) is 0.353. The third-order valence-corrected chi connectivity index (χ3v) is 5.03. The fourth-order valence-electron chi connectivity index (χ4n) is 2.72. The van der Waals surface area contributed by atoms with Crippen molar-refractivity contribution in [3.8, 4) is 0 Å². The van der Waals surface area contributed by atoms with E-state index in [0.717, 1.165) is 12.0 Å². The molecule has 2 amide bonds. The quantitative estimate of drug-likeness (QED) is 0.738. The van der Waals surface area contributed by atoms with Crippen LogP contribution in [0.25, 0.3) is 0 Å². The summed E-state index contributed by atoms with van der Waals surface area (Å²) in [5.41, 5.74) is 1.31. The van der Waals surface area contributed by atoms with Gasteiger partial charge in [0.05, 0.1) is 18.3 Å². The molecule has 1 aromatic carbocycles. The highest BCUT2D eigenvalue weighted by atomic mass is 35.5. The van der Waals surface area contributed by atoms with E-state index < -0.39 is 12.2 Å². The van der Waals surface area contributed by atoms with Crippen LogP contribution in [0.5, 0.6) is 0 Å². The van der Waals surface area contributed by atoms with Crippen molar-refractivity contribution < 1.29 is 14.3 Å². The number of anilines is 1. The third-order valence-electron chi connectivity index (χ3n) is 3.91. The van der Waals surface area contributed by atoms with Gasteiger partial charge in [-0.05, 0) is 25.0 Å². The van der Waals surface area contributed by atoms with Crippen LogP contribution in [0.1, 0.15) is 29.3 Å². The first-order valence-electron chi connectivity index (χ1n) is 7.97. The fourth-order valence-corrected chi connectivity index (χ4v) is 3.66. The van der Waals surface area contributed by atoms with E-state index in [9.17, 15) is 9.59 Å². The van der Waals surface area contributed by atoms with Gasteiger partial charge in [0.2, 0.25) is 6.23 Å². The van der Waals surface area contributed by atoms with Gasteiger partial charge in [-0.25, -0.2) is 19.5 Å². The van der Waals surface area contributed by atoms with E-state index in [-0.39, 0.29) is 6.03 Å². The highest BCUT2D eigenvalue weighted by Crippen LogP contribution is 2.32. The number of amides is 2. The van der Waals surface area contributed by atoms with E-state index >= 15 is 0 Å². The topological polar surface area (TPSA) is 62.7 Å². The molecule has 3 rings (SSSR count). The molecular formula is C17H18ClN3O3S. The maximum Gasteiger partial charge on any atom is 0.340 e. The number of hydrogen-bond acceptors (Lipinski definition) is 5. The zero-order valence-corrected chi connectivity index (χ0v) is 15.5. The maximum atomic E-state index is 12.7. The summed E-state index contributed by atoms with van der Waals surface area (Å²) < 4.78 is 6.12. The van der Waals surface area contributed by atoms with Crippen LogP contribution in [-0.4, -0.2) is 41.2 Å². The number of aryl methyl sites for hydroxylation is 1. The lowest BCUT2D eigenvalue weighted by molar-refractivity contribution is 0.0325. The molecule has 25 heavy (non-hydrogen) atoms. The second kappa shape index (κ2) is 7.41. The van der Waals surface area contributed by atoms with E-state index in [1.54, 1.807) is 17.0 Å². The molecule has 1 aromatic heterocycles. The van der Waals surface area contributed by atoms with Crippen molar-refractivity contribution >= 4 is 40.1 Å². The van der Waals surface area contributed by atoms with Gasteiger partial charge in [-0.3, -0.25) is 0 Å². The third kappa shape index (κ3) is 3.62. The van der Waals surface area contributed by atoms with Gasteiger partial charge in [0.15, 0.2) is 5.13 Å². The molecule has 2 heterocycles. The normalized spacial score (nSPS) is 17.2. The molecule has 0 saturated carbocycles. The summed E-state index contributed by atoms with van der Waals surface area (Å²) in [6.07, 6.45) is 1.57. The highest BCUT2D eigenvalue weighted by molar-refractivity contribution is 7.19. The van der Waals surface area contributed by atoms with E-state index in [4.69, 9.17) is 16.3 Å². The van der Waals surface area contributed by atoms with E-state index in [0.29, 0.717) is 28.1 Å². The summed E-state index contributed by atoms with van der Waals surface area (Å²) in [5, 5.41) is 0.427. The Morgan fingerprint density at radius 3 is 2.84 bits per heavy atom. The number of halogens is 1. The van der Waals surface area contributed by atoms with Crippen LogP contribution in [0, 0.1) is 6.92 Å². The molecule has 1 unspecified atom stereocenters. The van der Waals surface area contributed by atoms with Crippen molar-refractivity contribution in [1.82, 2.24) is 9.88 Å². The number of ether oxygens (including phenoxy) is 1. The van der Waals surface area contributed by atoms with Crippen molar-refractivity contribution in [2.24, 2.45) is 0 Å². The number of rotatable bonds is 5. The van der Waals surface area contributed by atoms with Crippen molar-refractivity contribution in [3.63, 3.8) is 0 Å². The molecule has 0 N–H and O–H groups in total. The average Bonchev–Trinajstić information content (AvgIpc) is 3.12. The van der Waals surface area contributed by atoms with Gasteiger partial charge in [-0.1, -0.05) is 48.1 Å². The Hall–Kier alpha value is -2.12. The van der Waals surface area contributed by atoms with Gasteiger partial charge in [0.1, 0.15) is 4.34 Å². The Morgan fingerprint density at radius 2 is 2.20 bits per heavy atom. The van der Waals surface area contributed by atoms with Crippen LogP contribution < -0.4 is 4.90 Å². The lowest BCUT2D eigenvalue weighted by atomic mass is 10.1. The Balaban J connectivity index is 1.85. The maximum absolute atomic E-state index is 12.7. The molecule has 1 atom stereocenters. The van der Waals surface area contributed by atoms with Gasteiger partial charge in [0.25, 0.3) is 0 Å². The number of esters is 1. The van der Waals surface area contributed by atoms with Crippen molar-refractivity contribution in [2.45, 2.75) is 26.5 Å². The standard InChI is InChI=1S/C17H18ClN3O3S/c1-3-8-20-10-14(21(17(20)23)16-19-9-13(18)25-16)24-15(22)12-7-5-4-6-11(12)2/h4-7,9,14H,3,8,10H2,1-2H3. The minimum Gasteiger partial charge on any atom is -0.435 e. The first-order chi connectivity index (χ1) is 12.0. The zero-order valence-electron chi connectivity index (χ0n) is 13.9. The molecule has 1 fully saturated rings. The predicted molar refractivity (Wildman–Crippen MR) is 97.2 cm³/mol. The Morgan fingerprint density at radius 1 is 1.44 bits per heavy atom. The number of carbonyl (C=O) groups is 2. The summed E-state index contributed by atoms with van der Waals surface area (Å²) in [5.74, 6) is -0.457. The van der Waals surface area contributed by atoms with Gasteiger partial charge in [0, 0.05) is 6.54 Å². The number of thiazole rings is 1. The van der Waals surface area contributed by atoms with E-state index in [2.05, 4.69) is 4.98 Å². The zero-order chi connectivity index (χ0) is 18.0. The van der Waals surface area contributed by atoms with Crippen LogP contribution in [0.15, 0.2) is 30.5 Å². The van der Waals surface area contributed by atoms with Gasteiger partial charge < -0.3 is 9.64 Å². The first-order valence-corrected chi connectivity index (χ1v) is 9.16. The minimum absolute atomic E-state index is 0.226. The molecule has 1 saturated heterocycles. The number of urea groups is 1. The van der Waals surface area contributed by atoms with E-state index in [1.807, 2.05) is 26.0 Å². The summed E-state index contributed by atoms with van der Waals surface area (Å²) in [4.78, 5) is 32.5. The number of carbonyl (C=O) groups excluding carboxylic acids is 2. The second-order valence-corrected chi connectivity index (χ2v) is 7.36. The lowest BCUT2D eigenvalue weighted by Gasteiger charge is -2.20. The number of nitrogens with zero attached hydrogens (tertiary/aromatic N) is 3. The van der Waals surface area contributed by atoms with Crippen LogP contribution in [0.2, 0.25) is 4.34 Å². The average molecular weight is 380 g/mol. The number of hydrogen-bond donors (Lipinski definition) is 0. The van der Waals surface area contributed by atoms with Gasteiger partial charge >= 0.3 is 12.0 Å². The number of benzene rings is 1. The molecular weight excluding hydrogens is 362 g/mol. The van der Waals surface area contributed by atoms with Crippen LogP contribution in [0.4, 0.5) is 9.93 Å². The van der Waals surface area contributed by atoms with Crippen molar-refractivity contribution in [1.29, 1.82) is 0 Å². The predicted octanol–water partition coefficient (Wildman–Crippen LogP) is 3.94. The first kappa shape index (κ1) is 17.7. The van der Waals surface area contributed by atoms with Crippen LogP contribution in [-0.2, 0) is 4.74 Å². The monoisotopic (exact) mass is 379 g/mol. The lowest BCUT2D eigenvalue weighted by Crippen LogP contribution is -2.37. The molecule has 0 bridgehead atoms. The molecule has 6 nitrogen and oxygen atoms in total. The minimum atomic E-state index is -0.728. The summed E-state index contributed by atoms with van der Waals surface area (Å²) in [7, 11) is 0. The Bertz CT molecular complexity index is 795. The SMILES string of the molecule is CCCN1CC(OC(=O)c2ccccc2C)N(c2ncc(Cl)s2)C1=O. The molecule has 0 aliphatic carbocycles.